The fraction of sp³-hybridized carbons (Fsp3) is 0.409. The zero-order valence-corrected chi connectivity index (χ0v) is 18.4. The molecule has 0 aliphatic carbocycles. The van der Waals surface area contributed by atoms with Gasteiger partial charge in [-0.2, -0.15) is 11.8 Å². The minimum Gasteiger partial charge on any atom is -0.370 e. The summed E-state index contributed by atoms with van der Waals surface area (Å²) in [6, 6.07) is 10.5. The van der Waals surface area contributed by atoms with Gasteiger partial charge in [-0.1, -0.05) is 17.7 Å². The summed E-state index contributed by atoms with van der Waals surface area (Å²) in [6.07, 6.45) is -0.331. The van der Waals surface area contributed by atoms with Crippen molar-refractivity contribution in [1.82, 2.24) is 4.90 Å². The van der Waals surface area contributed by atoms with E-state index in [-0.39, 0.29) is 17.2 Å². The second-order valence-corrected chi connectivity index (χ2v) is 9.14. The summed E-state index contributed by atoms with van der Waals surface area (Å²) in [5.41, 5.74) is 3.81. The Balaban J connectivity index is 1.41. The van der Waals surface area contributed by atoms with Crippen LogP contribution in [0, 0.1) is 12.7 Å². The van der Waals surface area contributed by atoms with Crippen LogP contribution in [0.1, 0.15) is 17.2 Å². The number of rotatable bonds is 3. The molecule has 1 N–H and O–H groups in total. The summed E-state index contributed by atoms with van der Waals surface area (Å²) >= 11 is 7.88. The van der Waals surface area contributed by atoms with Gasteiger partial charge in [0.1, 0.15) is 11.9 Å². The molecule has 0 spiro atoms. The van der Waals surface area contributed by atoms with Gasteiger partial charge in [-0.05, 0) is 48.4 Å². The summed E-state index contributed by atoms with van der Waals surface area (Å²) in [6.45, 7) is 5.42. The van der Waals surface area contributed by atoms with Gasteiger partial charge in [0.25, 0.3) is 0 Å². The highest BCUT2D eigenvalue weighted by atomic mass is 35.5. The Kier molecular flexibility index (Phi) is 6.71. The first-order chi connectivity index (χ1) is 14.5. The van der Waals surface area contributed by atoms with Crippen molar-refractivity contribution in [3.63, 3.8) is 0 Å². The molecule has 2 heterocycles. The van der Waals surface area contributed by atoms with Crippen molar-refractivity contribution >= 4 is 40.8 Å². The lowest BCUT2D eigenvalue weighted by atomic mass is 10.1. The zero-order chi connectivity index (χ0) is 21.1. The molecule has 2 aliphatic rings. The Morgan fingerprint density at radius 3 is 2.73 bits per heavy atom. The third-order valence-electron chi connectivity index (χ3n) is 5.50. The van der Waals surface area contributed by atoms with E-state index >= 15 is 0 Å². The number of anilines is 2. The number of hydrogen-bond donors (Lipinski definition) is 1. The van der Waals surface area contributed by atoms with Gasteiger partial charge in [-0.3, -0.25) is 0 Å². The van der Waals surface area contributed by atoms with Gasteiger partial charge in [0.2, 0.25) is 0 Å². The van der Waals surface area contributed by atoms with E-state index in [0.717, 1.165) is 41.4 Å². The van der Waals surface area contributed by atoms with Crippen molar-refractivity contribution < 1.29 is 13.9 Å². The lowest BCUT2D eigenvalue weighted by Crippen LogP contribution is -2.44. The molecule has 2 aromatic carbocycles. The van der Waals surface area contributed by atoms with Gasteiger partial charge >= 0.3 is 6.03 Å². The number of ether oxygens (including phenoxy) is 1. The largest absolute Gasteiger partial charge is 0.370 e. The Hall–Kier alpha value is -1.96. The average Bonchev–Trinajstić information content (AvgIpc) is 2.77. The number of nitrogens with zero attached hydrogens (tertiary/aromatic N) is 2. The van der Waals surface area contributed by atoms with Crippen molar-refractivity contribution in [2.24, 2.45) is 0 Å². The summed E-state index contributed by atoms with van der Waals surface area (Å²) < 4.78 is 19.2. The predicted octanol–water partition coefficient (Wildman–Crippen LogP) is 4.95. The smallest absolute Gasteiger partial charge is 0.322 e. The number of thioether (sulfide) groups is 1. The zero-order valence-electron chi connectivity index (χ0n) is 16.9. The fourth-order valence-electron chi connectivity index (χ4n) is 3.75. The van der Waals surface area contributed by atoms with Crippen LogP contribution in [0.3, 0.4) is 0 Å². The predicted molar refractivity (Wildman–Crippen MR) is 121 cm³/mol. The monoisotopic (exact) mass is 449 g/mol. The summed E-state index contributed by atoms with van der Waals surface area (Å²) in [4.78, 5) is 17.0. The van der Waals surface area contributed by atoms with E-state index < -0.39 is 5.82 Å². The number of amides is 2. The highest BCUT2D eigenvalue weighted by molar-refractivity contribution is 7.99. The lowest BCUT2D eigenvalue weighted by molar-refractivity contribution is -0.0135. The third-order valence-corrected chi connectivity index (χ3v) is 6.73. The number of nitrogens with one attached hydrogen (secondary N) is 1. The molecule has 0 aromatic heterocycles. The van der Waals surface area contributed by atoms with Gasteiger partial charge in [0.05, 0.1) is 18.2 Å². The van der Waals surface area contributed by atoms with Crippen molar-refractivity contribution in [2.45, 2.75) is 13.0 Å². The quantitative estimate of drug-likeness (QED) is 0.720. The van der Waals surface area contributed by atoms with Crippen LogP contribution in [0.15, 0.2) is 36.4 Å². The van der Waals surface area contributed by atoms with Crippen LogP contribution in [-0.4, -0.2) is 55.2 Å². The Bertz CT molecular complexity index is 923. The summed E-state index contributed by atoms with van der Waals surface area (Å²) in [5.74, 6) is 1.83. The van der Waals surface area contributed by atoms with E-state index in [0.29, 0.717) is 19.7 Å². The van der Waals surface area contributed by atoms with Gasteiger partial charge in [0.15, 0.2) is 0 Å². The lowest BCUT2D eigenvalue weighted by Gasteiger charge is -2.33. The van der Waals surface area contributed by atoms with Gasteiger partial charge in [0, 0.05) is 42.5 Å². The van der Waals surface area contributed by atoms with Crippen molar-refractivity contribution in [3.8, 4) is 0 Å². The SMILES string of the molecule is Cc1cc(N2CCSCC2)ccc1NC(=O)N1CCOC(c2ccc(F)c(Cl)c2)C1. The molecule has 2 amide bonds. The average molecular weight is 450 g/mol. The molecule has 0 saturated carbocycles. The summed E-state index contributed by atoms with van der Waals surface area (Å²) in [7, 11) is 0. The number of carbonyl (C=O) groups excluding carboxylic acids is 1. The molecule has 2 aromatic rings. The van der Waals surface area contributed by atoms with Gasteiger partial charge in [-0.15, -0.1) is 0 Å². The van der Waals surface area contributed by atoms with Crippen LogP contribution in [0.5, 0.6) is 0 Å². The molecule has 4 rings (SSSR count). The highest BCUT2D eigenvalue weighted by Crippen LogP contribution is 2.28. The molecule has 2 saturated heterocycles. The van der Waals surface area contributed by atoms with E-state index in [9.17, 15) is 9.18 Å². The molecule has 0 radical (unpaired) electrons. The first-order valence-corrected chi connectivity index (χ1v) is 11.6. The standard InChI is InChI=1S/C22H25ClFN3O2S/c1-15-12-17(26-7-10-30-11-8-26)3-5-20(15)25-22(28)27-6-9-29-21(14-27)16-2-4-19(24)18(23)13-16/h2-5,12-13,21H,6-11,14H2,1H3,(H,25,28). The molecule has 160 valence electrons. The third kappa shape index (κ3) is 4.85. The molecule has 1 unspecified atom stereocenters. The van der Waals surface area contributed by atoms with E-state index in [1.807, 2.05) is 24.8 Å². The minimum atomic E-state index is -0.465. The number of urea groups is 1. The molecular weight excluding hydrogens is 425 g/mol. The van der Waals surface area contributed by atoms with E-state index in [4.69, 9.17) is 16.3 Å². The molecule has 1 atom stereocenters. The second kappa shape index (κ2) is 9.45. The van der Waals surface area contributed by atoms with Crippen molar-refractivity contribution in [1.29, 1.82) is 0 Å². The maximum atomic E-state index is 13.4. The first kappa shape index (κ1) is 21.3. The van der Waals surface area contributed by atoms with E-state index in [1.165, 1.54) is 11.8 Å². The van der Waals surface area contributed by atoms with Crippen LogP contribution in [0.25, 0.3) is 0 Å². The fourth-order valence-corrected chi connectivity index (χ4v) is 4.84. The maximum absolute atomic E-state index is 13.4. The summed E-state index contributed by atoms with van der Waals surface area (Å²) in [5, 5.41) is 3.08. The van der Waals surface area contributed by atoms with Crippen molar-refractivity contribution in [3.05, 3.63) is 58.4 Å². The number of morpholine rings is 1. The highest BCUT2D eigenvalue weighted by Gasteiger charge is 2.26. The number of aryl methyl sites for hydroxylation is 1. The normalized spacial score (nSPS) is 19.6. The molecule has 5 nitrogen and oxygen atoms in total. The molecule has 8 heteroatoms. The molecule has 30 heavy (non-hydrogen) atoms. The van der Waals surface area contributed by atoms with Crippen molar-refractivity contribution in [2.75, 3.05) is 54.5 Å². The Labute approximate surface area is 185 Å². The van der Waals surface area contributed by atoms with Crippen LogP contribution in [-0.2, 0) is 4.74 Å². The topological polar surface area (TPSA) is 44.8 Å². The molecule has 2 aliphatic heterocycles. The minimum absolute atomic E-state index is 0.0562. The maximum Gasteiger partial charge on any atom is 0.322 e. The van der Waals surface area contributed by atoms with Gasteiger partial charge < -0.3 is 19.9 Å². The second-order valence-electron chi connectivity index (χ2n) is 7.51. The van der Waals surface area contributed by atoms with Crippen LogP contribution < -0.4 is 10.2 Å². The Morgan fingerprint density at radius 1 is 1.20 bits per heavy atom. The molecule has 2 fully saturated rings. The molecular formula is C22H25ClFN3O2S. The van der Waals surface area contributed by atoms with Gasteiger partial charge in [-0.25, -0.2) is 9.18 Å². The van der Waals surface area contributed by atoms with Crippen LogP contribution in [0.4, 0.5) is 20.6 Å². The Morgan fingerprint density at radius 2 is 2.00 bits per heavy atom. The van der Waals surface area contributed by atoms with E-state index in [1.54, 1.807) is 17.0 Å². The van der Waals surface area contributed by atoms with Crippen LogP contribution >= 0.6 is 23.4 Å². The number of hydrogen-bond acceptors (Lipinski definition) is 4. The van der Waals surface area contributed by atoms with E-state index in [2.05, 4.69) is 22.3 Å². The number of benzene rings is 2. The number of halogens is 2. The molecule has 0 bridgehead atoms. The van der Waals surface area contributed by atoms with Crippen LogP contribution in [0.2, 0.25) is 5.02 Å². The number of carbonyl (C=O) groups is 1. The first-order valence-electron chi connectivity index (χ1n) is 10.1.